The predicted octanol–water partition coefficient (Wildman–Crippen LogP) is 4.70. The van der Waals surface area contributed by atoms with Crippen molar-refractivity contribution in [2.45, 2.75) is 13.8 Å². The fourth-order valence-electron chi connectivity index (χ4n) is 3.02. The van der Waals surface area contributed by atoms with Crippen LogP contribution < -0.4 is 5.32 Å². The first-order chi connectivity index (χ1) is 13.0. The maximum absolute atomic E-state index is 12.4. The molecule has 1 aliphatic heterocycles. The fourth-order valence-corrected chi connectivity index (χ4v) is 3.35. The first kappa shape index (κ1) is 17.3. The number of nitrogens with zero attached hydrogens (tertiary/aromatic N) is 2. The van der Waals surface area contributed by atoms with Gasteiger partial charge in [-0.25, -0.2) is 4.68 Å². The van der Waals surface area contributed by atoms with Crippen LogP contribution in [0.3, 0.4) is 0 Å². The molecular weight excluding hydrogens is 358 g/mol. The molecule has 4 nitrogen and oxygen atoms in total. The average Bonchev–Trinajstić information content (AvgIpc) is 3.18. The van der Waals surface area contributed by atoms with Crippen LogP contribution in [0.5, 0.6) is 0 Å². The van der Waals surface area contributed by atoms with Crippen molar-refractivity contribution in [1.29, 1.82) is 0 Å². The van der Waals surface area contributed by atoms with Gasteiger partial charge in [0.25, 0.3) is 5.91 Å². The zero-order valence-electron chi connectivity index (χ0n) is 15.0. The summed E-state index contributed by atoms with van der Waals surface area (Å²) in [5, 5.41) is 7.93. The lowest BCUT2D eigenvalue weighted by atomic mass is 10.1. The molecule has 2 aromatic carbocycles. The van der Waals surface area contributed by atoms with Gasteiger partial charge in [-0.2, -0.15) is 5.10 Å². The lowest BCUT2D eigenvalue weighted by Crippen LogP contribution is -2.15. The highest BCUT2D eigenvalue weighted by Crippen LogP contribution is 2.28. The molecule has 134 valence electrons. The third-order valence-electron chi connectivity index (χ3n) is 4.52. The van der Waals surface area contributed by atoms with Crippen molar-refractivity contribution in [2.24, 2.45) is 0 Å². The molecule has 0 aliphatic carbocycles. The van der Waals surface area contributed by atoms with E-state index in [9.17, 15) is 4.79 Å². The quantitative estimate of drug-likeness (QED) is 0.674. The van der Waals surface area contributed by atoms with Crippen LogP contribution in [0.1, 0.15) is 22.4 Å². The molecule has 0 atom stereocenters. The van der Waals surface area contributed by atoms with E-state index >= 15 is 0 Å². The molecule has 1 N–H and O–H groups in total. The number of hydrogen-bond donors (Lipinski definition) is 1. The Labute approximate surface area is 162 Å². The number of hydrogen-bond acceptors (Lipinski definition) is 2. The molecular formula is C22H18ClN3O. The van der Waals surface area contributed by atoms with Crippen molar-refractivity contribution in [3.63, 3.8) is 0 Å². The summed E-state index contributed by atoms with van der Waals surface area (Å²) in [4.78, 5) is 12.4. The number of rotatable bonds is 3. The monoisotopic (exact) mass is 375 g/mol. The number of carbonyl (C=O) groups is 1. The molecule has 1 amide bonds. The molecule has 0 fully saturated rings. The molecule has 0 spiro atoms. The first-order valence-electron chi connectivity index (χ1n) is 8.65. The molecule has 2 heterocycles. The molecule has 27 heavy (non-hydrogen) atoms. The van der Waals surface area contributed by atoms with E-state index in [1.54, 1.807) is 10.8 Å². The van der Waals surface area contributed by atoms with Gasteiger partial charge in [-0.15, -0.1) is 0 Å². The Bertz CT molecular complexity index is 1080. The molecule has 1 aliphatic rings. The standard InChI is InChI=1S/C22H18ClN3O/c1-14-8-10-16(11-9-14)20-13-17(22(27)24-20)12-19-15(2)25-26(21(19)23)18-6-4-3-5-7-18/h3-13H,1-2H3,(H,24,27). The summed E-state index contributed by atoms with van der Waals surface area (Å²) in [6.07, 6.45) is 3.64. The van der Waals surface area contributed by atoms with Gasteiger partial charge in [0.15, 0.2) is 0 Å². The topological polar surface area (TPSA) is 46.9 Å². The van der Waals surface area contributed by atoms with Gasteiger partial charge in [-0.05, 0) is 43.7 Å². The highest BCUT2D eigenvalue weighted by molar-refractivity contribution is 6.31. The maximum Gasteiger partial charge on any atom is 0.255 e. The summed E-state index contributed by atoms with van der Waals surface area (Å²) in [7, 11) is 0. The molecule has 0 bridgehead atoms. The van der Waals surface area contributed by atoms with Crippen LogP contribution in [-0.4, -0.2) is 15.7 Å². The minimum atomic E-state index is -0.145. The van der Waals surface area contributed by atoms with Crippen molar-refractivity contribution < 1.29 is 4.79 Å². The van der Waals surface area contributed by atoms with Crippen LogP contribution in [0.15, 0.2) is 66.2 Å². The van der Waals surface area contributed by atoms with Gasteiger partial charge in [-0.1, -0.05) is 59.6 Å². The van der Waals surface area contributed by atoms with Gasteiger partial charge < -0.3 is 5.32 Å². The Morgan fingerprint density at radius 3 is 2.44 bits per heavy atom. The van der Waals surface area contributed by atoms with E-state index in [4.69, 9.17) is 11.6 Å². The number of carbonyl (C=O) groups excluding carboxylic acids is 1. The SMILES string of the molecule is Cc1ccc(C2=CC(=Cc3c(C)nn(-c4ccccc4)c3Cl)C(=O)N2)cc1. The average molecular weight is 376 g/mol. The van der Waals surface area contributed by atoms with Crippen molar-refractivity contribution in [3.8, 4) is 5.69 Å². The Hall–Kier alpha value is -3.11. The number of benzene rings is 2. The molecule has 0 radical (unpaired) electrons. The summed E-state index contributed by atoms with van der Waals surface area (Å²) in [6, 6.07) is 17.7. The van der Waals surface area contributed by atoms with Crippen molar-refractivity contribution in [1.82, 2.24) is 15.1 Å². The molecule has 0 saturated carbocycles. The number of aromatic nitrogens is 2. The summed E-state index contributed by atoms with van der Waals surface area (Å²) < 4.78 is 1.68. The van der Waals surface area contributed by atoms with E-state index in [1.807, 2.05) is 74.5 Å². The van der Waals surface area contributed by atoms with E-state index in [-0.39, 0.29) is 5.91 Å². The number of aryl methyl sites for hydroxylation is 2. The van der Waals surface area contributed by atoms with E-state index in [0.717, 1.165) is 28.2 Å². The number of nitrogens with one attached hydrogen (secondary N) is 1. The smallest absolute Gasteiger partial charge is 0.255 e. The summed E-state index contributed by atoms with van der Waals surface area (Å²) in [5.41, 5.74) is 5.88. The zero-order valence-corrected chi connectivity index (χ0v) is 15.8. The van der Waals surface area contributed by atoms with Gasteiger partial charge >= 0.3 is 0 Å². The Morgan fingerprint density at radius 2 is 1.74 bits per heavy atom. The first-order valence-corrected chi connectivity index (χ1v) is 9.03. The highest BCUT2D eigenvalue weighted by Gasteiger charge is 2.21. The van der Waals surface area contributed by atoms with E-state index < -0.39 is 0 Å². The van der Waals surface area contributed by atoms with Crippen LogP contribution >= 0.6 is 11.6 Å². The van der Waals surface area contributed by atoms with Crippen molar-refractivity contribution >= 4 is 29.3 Å². The van der Waals surface area contributed by atoms with Crippen molar-refractivity contribution in [3.05, 3.63) is 93.8 Å². The third kappa shape index (κ3) is 3.32. The maximum atomic E-state index is 12.4. The summed E-state index contributed by atoms with van der Waals surface area (Å²) in [6.45, 7) is 3.92. The molecule has 5 heteroatoms. The van der Waals surface area contributed by atoms with Crippen LogP contribution in [0.2, 0.25) is 5.15 Å². The third-order valence-corrected chi connectivity index (χ3v) is 4.89. The van der Waals surface area contributed by atoms with Gasteiger partial charge in [0.05, 0.1) is 11.4 Å². The second-order valence-corrected chi connectivity index (χ2v) is 6.87. The molecule has 0 saturated heterocycles. The lowest BCUT2D eigenvalue weighted by molar-refractivity contribution is -0.115. The number of para-hydroxylation sites is 1. The normalized spacial score (nSPS) is 15.1. The molecule has 0 unspecified atom stereocenters. The fraction of sp³-hybridized carbons (Fsp3) is 0.0909. The van der Waals surface area contributed by atoms with Crippen LogP contribution in [-0.2, 0) is 4.79 Å². The number of amides is 1. The van der Waals surface area contributed by atoms with Gasteiger partial charge in [-0.3, -0.25) is 4.79 Å². The largest absolute Gasteiger partial charge is 0.321 e. The van der Waals surface area contributed by atoms with Gasteiger partial charge in [0, 0.05) is 16.8 Å². The highest BCUT2D eigenvalue weighted by atomic mass is 35.5. The lowest BCUT2D eigenvalue weighted by Gasteiger charge is -2.02. The van der Waals surface area contributed by atoms with Gasteiger partial charge in [0.2, 0.25) is 0 Å². The van der Waals surface area contributed by atoms with Crippen LogP contribution in [0.25, 0.3) is 17.5 Å². The van der Waals surface area contributed by atoms with E-state index in [1.165, 1.54) is 5.56 Å². The Kier molecular flexibility index (Phi) is 4.42. The second-order valence-electron chi connectivity index (χ2n) is 6.52. The summed E-state index contributed by atoms with van der Waals surface area (Å²) in [5.74, 6) is -0.145. The molecule has 1 aromatic heterocycles. The molecule has 3 aromatic rings. The molecule has 4 rings (SSSR count). The minimum absolute atomic E-state index is 0.145. The Morgan fingerprint density at radius 1 is 1.04 bits per heavy atom. The van der Waals surface area contributed by atoms with Gasteiger partial charge in [0.1, 0.15) is 5.15 Å². The zero-order chi connectivity index (χ0) is 19.0. The van der Waals surface area contributed by atoms with Crippen LogP contribution in [0.4, 0.5) is 0 Å². The van der Waals surface area contributed by atoms with Crippen LogP contribution in [0, 0.1) is 13.8 Å². The van der Waals surface area contributed by atoms with E-state index in [2.05, 4.69) is 10.4 Å². The van der Waals surface area contributed by atoms with Crippen molar-refractivity contribution in [2.75, 3.05) is 0 Å². The van der Waals surface area contributed by atoms with E-state index in [0.29, 0.717) is 10.7 Å². The Balaban J connectivity index is 1.72. The second kappa shape index (κ2) is 6.89. The number of halogens is 1. The summed E-state index contributed by atoms with van der Waals surface area (Å²) >= 11 is 6.56. The predicted molar refractivity (Wildman–Crippen MR) is 109 cm³/mol. The minimum Gasteiger partial charge on any atom is -0.321 e.